The van der Waals surface area contributed by atoms with Gasteiger partial charge in [-0.25, -0.2) is 0 Å². The average molecular weight is 247 g/mol. The van der Waals surface area contributed by atoms with Crippen LogP contribution in [0.4, 0.5) is 0 Å². The predicted octanol–water partition coefficient (Wildman–Crippen LogP) is 0.164. The third-order valence-electron chi connectivity index (χ3n) is 3.32. The Balaban J connectivity index is 1.84. The molecule has 0 radical (unpaired) electrons. The molecule has 6 heteroatoms. The highest BCUT2D eigenvalue weighted by Crippen LogP contribution is 2.51. The fraction of sp³-hybridized carbons (Fsp3) is 0.417. The summed E-state index contributed by atoms with van der Waals surface area (Å²) in [5, 5.41) is 28.7. The first-order chi connectivity index (χ1) is 8.58. The van der Waals surface area contributed by atoms with Crippen molar-refractivity contribution in [1.29, 1.82) is 0 Å². The van der Waals surface area contributed by atoms with Crippen molar-refractivity contribution in [3.05, 3.63) is 34.2 Å². The Morgan fingerprint density at radius 3 is 2.83 bits per heavy atom. The molecule has 1 aliphatic heterocycles. The number of amides is 1. The molecule has 18 heavy (non-hydrogen) atoms. The van der Waals surface area contributed by atoms with Crippen LogP contribution < -0.4 is 5.32 Å². The van der Waals surface area contributed by atoms with E-state index in [1.54, 1.807) is 6.92 Å². The van der Waals surface area contributed by atoms with Crippen LogP contribution in [0.3, 0.4) is 0 Å². The molecule has 1 saturated carbocycles. The van der Waals surface area contributed by atoms with E-state index in [-0.39, 0.29) is 18.9 Å². The quantitative estimate of drug-likeness (QED) is 0.660. The normalized spacial score (nSPS) is 20.1. The lowest BCUT2D eigenvalue weighted by atomic mass is 10.0. The molecule has 0 unspecified atom stereocenters. The van der Waals surface area contributed by atoms with Crippen LogP contribution >= 0.6 is 0 Å². The molecule has 6 nitrogen and oxygen atoms in total. The molecule has 0 bridgehead atoms. The van der Waals surface area contributed by atoms with Gasteiger partial charge in [-0.15, -0.1) is 10.2 Å². The lowest BCUT2D eigenvalue weighted by Crippen LogP contribution is -2.52. The van der Waals surface area contributed by atoms with E-state index in [9.17, 15) is 4.79 Å². The van der Waals surface area contributed by atoms with Crippen molar-refractivity contribution in [3.63, 3.8) is 0 Å². The van der Waals surface area contributed by atoms with E-state index in [2.05, 4.69) is 15.5 Å². The van der Waals surface area contributed by atoms with Gasteiger partial charge in [-0.2, -0.15) is 0 Å². The first-order valence-electron chi connectivity index (χ1n) is 5.73. The number of rotatable bonds is 4. The number of aliphatic hydroxyl groups excluding tert-OH is 2. The molecule has 0 spiro atoms. The number of aliphatic hydroxyl groups is 2. The van der Waals surface area contributed by atoms with Crippen LogP contribution in [0.5, 0.6) is 0 Å². The van der Waals surface area contributed by atoms with Crippen LogP contribution in [0.25, 0.3) is 0 Å². The van der Waals surface area contributed by atoms with Crippen molar-refractivity contribution < 1.29 is 15.0 Å². The molecule has 1 heterocycles. The average Bonchev–Trinajstić information content (AvgIpc) is 2.85. The third kappa shape index (κ3) is 1.53. The highest BCUT2D eigenvalue weighted by Gasteiger charge is 2.39. The molecule has 1 amide bonds. The molecule has 0 atom stereocenters. The lowest BCUT2D eigenvalue weighted by Gasteiger charge is -2.25. The van der Waals surface area contributed by atoms with E-state index in [1.165, 1.54) is 11.1 Å². The van der Waals surface area contributed by atoms with Gasteiger partial charge in [0.1, 0.15) is 0 Å². The van der Waals surface area contributed by atoms with Gasteiger partial charge in [-0.1, -0.05) is 0 Å². The van der Waals surface area contributed by atoms with Crippen LogP contribution in [0, 0.1) is 0 Å². The van der Waals surface area contributed by atoms with Gasteiger partial charge in [0.2, 0.25) is 0 Å². The number of nitrogens with zero attached hydrogens (tertiary/aromatic N) is 2. The Morgan fingerprint density at radius 1 is 1.44 bits per heavy atom. The zero-order valence-corrected chi connectivity index (χ0v) is 9.90. The molecule has 3 aliphatic rings. The fourth-order valence-electron chi connectivity index (χ4n) is 2.00. The molecule has 2 aliphatic carbocycles. The van der Waals surface area contributed by atoms with Crippen molar-refractivity contribution in [2.75, 3.05) is 13.2 Å². The summed E-state index contributed by atoms with van der Waals surface area (Å²) in [6, 6.07) is 0. The minimum Gasteiger partial charge on any atom is -0.394 e. The Hall–Kier alpha value is -1.79. The number of carbonyl (C=O) groups excluding carboxylic acids is 1. The third-order valence-corrected chi connectivity index (χ3v) is 3.32. The summed E-state index contributed by atoms with van der Waals surface area (Å²) in [6.07, 6.45) is 2.87. The number of allylic oxidation sites excluding steroid dienone is 3. The van der Waals surface area contributed by atoms with Crippen LogP contribution in [-0.4, -0.2) is 34.9 Å². The van der Waals surface area contributed by atoms with Crippen molar-refractivity contribution in [3.8, 4) is 0 Å². The predicted molar refractivity (Wildman–Crippen MR) is 62.3 cm³/mol. The molecule has 0 saturated heterocycles. The minimum atomic E-state index is -1.05. The molecule has 0 aromatic rings. The summed E-state index contributed by atoms with van der Waals surface area (Å²) >= 11 is 0. The topological polar surface area (TPSA) is 94.3 Å². The second-order valence-electron chi connectivity index (χ2n) is 4.97. The molecular formula is C12H13N3O3. The van der Waals surface area contributed by atoms with Gasteiger partial charge in [0.15, 0.2) is 5.70 Å². The summed E-state index contributed by atoms with van der Waals surface area (Å²) < 4.78 is 0. The zero-order chi connectivity index (χ0) is 12.9. The Labute approximate surface area is 103 Å². The highest BCUT2D eigenvalue weighted by atomic mass is 16.3. The largest absolute Gasteiger partial charge is 0.394 e. The maximum absolute atomic E-state index is 12.0. The SMILES string of the molecule is CC(CO)(CO)NC(=O)C1=C2C=C3CC3=C2N=N1. The number of fused-ring (bicyclic) bond motifs is 2. The monoisotopic (exact) mass is 247 g/mol. The second kappa shape index (κ2) is 3.60. The molecule has 0 aromatic carbocycles. The lowest BCUT2D eigenvalue weighted by molar-refractivity contribution is -0.120. The molecule has 0 aromatic heterocycles. The van der Waals surface area contributed by atoms with E-state index < -0.39 is 11.4 Å². The van der Waals surface area contributed by atoms with Crippen molar-refractivity contribution in [2.24, 2.45) is 10.2 Å². The number of hydrogen-bond acceptors (Lipinski definition) is 5. The fourth-order valence-corrected chi connectivity index (χ4v) is 2.00. The molecule has 1 fully saturated rings. The smallest absolute Gasteiger partial charge is 0.273 e. The zero-order valence-electron chi connectivity index (χ0n) is 9.90. The maximum atomic E-state index is 12.0. The Kier molecular flexibility index (Phi) is 2.26. The van der Waals surface area contributed by atoms with Crippen molar-refractivity contribution in [1.82, 2.24) is 5.32 Å². The van der Waals surface area contributed by atoms with Crippen LogP contribution in [0.15, 0.2) is 44.4 Å². The first-order valence-corrected chi connectivity index (χ1v) is 5.73. The van der Waals surface area contributed by atoms with Gasteiger partial charge in [0, 0.05) is 12.0 Å². The highest BCUT2D eigenvalue weighted by molar-refractivity contribution is 5.97. The number of azo groups is 1. The van der Waals surface area contributed by atoms with Gasteiger partial charge in [-0.05, 0) is 24.1 Å². The van der Waals surface area contributed by atoms with Crippen molar-refractivity contribution >= 4 is 5.91 Å². The van der Waals surface area contributed by atoms with E-state index in [0.29, 0.717) is 0 Å². The second-order valence-corrected chi connectivity index (χ2v) is 4.97. The van der Waals surface area contributed by atoms with E-state index >= 15 is 0 Å². The van der Waals surface area contributed by atoms with Gasteiger partial charge >= 0.3 is 0 Å². The Bertz CT molecular complexity index is 565. The molecule has 3 N–H and O–H groups in total. The van der Waals surface area contributed by atoms with Crippen LogP contribution in [0.2, 0.25) is 0 Å². The first kappa shape index (κ1) is 11.3. The summed E-state index contributed by atoms with van der Waals surface area (Å²) in [6.45, 7) is 0.875. The molecule has 3 rings (SSSR count). The number of nitrogens with one attached hydrogen (secondary N) is 1. The maximum Gasteiger partial charge on any atom is 0.273 e. The number of hydrogen-bond donors (Lipinski definition) is 3. The molecule has 94 valence electrons. The summed E-state index contributed by atoms with van der Waals surface area (Å²) in [5.41, 5.74) is 3.14. The summed E-state index contributed by atoms with van der Waals surface area (Å²) in [4.78, 5) is 12.0. The Morgan fingerprint density at radius 2 is 2.17 bits per heavy atom. The van der Waals surface area contributed by atoms with Crippen LogP contribution in [0.1, 0.15) is 13.3 Å². The van der Waals surface area contributed by atoms with Gasteiger partial charge in [0.05, 0.1) is 24.4 Å². The number of carbonyl (C=O) groups is 1. The van der Waals surface area contributed by atoms with Gasteiger partial charge < -0.3 is 15.5 Å². The summed E-state index contributed by atoms with van der Waals surface area (Å²) in [5.74, 6) is -0.423. The molecular weight excluding hydrogens is 234 g/mol. The van der Waals surface area contributed by atoms with Crippen molar-refractivity contribution in [2.45, 2.75) is 18.9 Å². The van der Waals surface area contributed by atoms with E-state index in [0.717, 1.165) is 17.7 Å². The standard InChI is InChI=1S/C12H13N3O3/c1-12(4-16,5-17)13-11(18)10-8-3-6-2-7(6)9(8)14-15-10/h3,16-17H,2,4-5H2,1H3,(H,13,18). The van der Waals surface area contributed by atoms with Gasteiger partial charge in [-0.3, -0.25) is 4.79 Å². The van der Waals surface area contributed by atoms with E-state index in [4.69, 9.17) is 10.2 Å². The summed E-state index contributed by atoms with van der Waals surface area (Å²) in [7, 11) is 0. The van der Waals surface area contributed by atoms with Crippen LogP contribution in [-0.2, 0) is 4.79 Å². The van der Waals surface area contributed by atoms with Gasteiger partial charge in [0.25, 0.3) is 5.91 Å². The minimum absolute atomic E-state index is 0.255. The van der Waals surface area contributed by atoms with E-state index in [1.807, 2.05) is 6.08 Å².